The van der Waals surface area contributed by atoms with Crippen LogP contribution in [-0.4, -0.2) is 55.0 Å². The van der Waals surface area contributed by atoms with Crippen molar-refractivity contribution in [2.75, 3.05) is 33.4 Å². The van der Waals surface area contributed by atoms with E-state index < -0.39 is 0 Å². The number of furan rings is 1. The molecule has 1 aliphatic heterocycles. The minimum absolute atomic E-state index is 0.00780. The molecule has 0 N–H and O–H groups in total. The largest absolute Gasteiger partial charge is 0.467 e. The molecule has 6 nitrogen and oxygen atoms in total. The third-order valence-corrected chi connectivity index (χ3v) is 5.18. The molecule has 0 bridgehead atoms. The van der Waals surface area contributed by atoms with Gasteiger partial charge < -0.3 is 19.0 Å². The second-order valence-corrected chi connectivity index (χ2v) is 7.18. The fourth-order valence-electron chi connectivity index (χ4n) is 3.50. The molecule has 1 aromatic carbocycles. The molecule has 1 saturated heterocycles. The van der Waals surface area contributed by atoms with Gasteiger partial charge in [-0.05, 0) is 36.6 Å². The van der Waals surface area contributed by atoms with Crippen molar-refractivity contribution < 1.29 is 18.7 Å². The van der Waals surface area contributed by atoms with E-state index in [0.717, 1.165) is 11.3 Å². The maximum Gasteiger partial charge on any atom is 0.246 e. The fraction of sp³-hybridized carbons (Fsp3) is 0.391. The van der Waals surface area contributed by atoms with Crippen LogP contribution in [0.3, 0.4) is 0 Å². The van der Waals surface area contributed by atoms with Gasteiger partial charge in [0.2, 0.25) is 11.8 Å². The van der Waals surface area contributed by atoms with Gasteiger partial charge in [0.15, 0.2) is 0 Å². The Labute approximate surface area is 171 Å². The maximum absolute atomic E-state index is 13.0. The summed E-state index contributed by atoms with van der Waals surface area (Å²) in [5.41, 5.74) is 0.998. The molecule has 3 rings (SSSR count). The average Bonchev–Trinajstić information content (AvgIpc) is 3.28. The highest BCUT2D eigenvalue weighted by Crippen LogP contribution is 2.21. The SMILES string of the molecule is COCCN(Cc1ccco1)C(=O)C1CCN(C(=O)/C=C/c2ccccc2)CC1. The predicted octanol–water partition coefficient (Wildman–Crippen LogP) is 3.21. The van der Waals surface area contributed by atoms with Crippen molar-refractivity contribution in [3.63, 3.8) is 0 Å². The van der Waals surface area contributed by atoms with Crippen molar-refractivity contribution in [1.29, 1.82) is 0 Å². The second kappa shape index (κ2) is 10.6. The Balaban J connectivity index is 1.53. The van der Waals surface area contributed by atoms with Gasteiger partial charge in [0.05, 0.1) is 19.4 Å². The molecule has 29 heavy (non-hydrogen) atoms. The van der Waals surface area contributed by atoms with E-state index in [1.54, 1.807) is 24.3 Å². The van der Waals surface area contributed by atoms with Gasteiger partial charge in [-0.15, -0.1) is 0 Å². The van der Waals surface area contributed by atoms with Crippen LogP contribution in [-0.2, 0) is 20.9 Å². The van der Waals surface area contributed by atoms with Gasteiger partial charge in [-0.2, -0.15) is 0 Å². The Hall–Kier alpha value is -2.86. The molecule has 2 heterocycles. The third kappa shape index (κ3) is 6.06. The number of carbonyl (C=O) groups is 2. The Bertz CT molecular complexity index is 794. The van der Waals surface area contributed by atoms with Gasteiger partial charge in [-0.3, -0.25) is 9.59 Å². The van der Waals surface area contributed by atoms with Gasteiger partial charge in [-0.1, -0.05) is 30.3 Å². The van der Waals surface area contributed by atoms with Crippen LogP contribution in [0, 0.1) is 5.92 Å². The summed E-state index contributed by atoms with van der Waals surface area (Å²) in [7, 11) is 1.63. The molecular weight excluding hydrogens is 368 g/mol. The summed E-state index contributed by atoms with van der Waals surface area (Å²) in [5.74, 6) is 0.772. The number of benzene rings is 1. The summed E-state index contributed by atoms with van der Waals surface area (Å²) in [6, 6.07) is 13.4. The first-order valence-corrected chi connectivity index (χ1v) is 9.99. The normalized spacial score (nSPS) is 15.0. The van der Waals surface area contributed by atoms with E-state index in [2.05, 4.69) is 0 Å². The second-order valence-electron chi connectivity index (χ2n) is 7.18. The molecule has 0 spiro atoms. The number of rotatable bonds is 8. The lowest BCUT2D eigenvalue weighted by Crippen LogP contribution is -2.44. The smallest absolute Gasteiger partial charge is 0.246 e. The first-order valence-electron chi connectivity index (χ1n) is 9.99. The summed E-state index contributed by atoms with van der Waals surface area (Å²) in [4.78, 5) is 29.1. The summed E-state index contributed by atoms with van der Waals surface area (Å²) in [6.07, 6.45) is 6.40. The molecule has 2 amide bonds. The first kappa shape index (κ1) is 20.9. The molecule has 1 aromatic heterocycles. The van der Waals surface area contributed by atoms with Gasteiger partial charge in [-0.25, -0.2) is 0 Å². The van der Waals surface area contributed by atoms with Crippen LogP contribution in [0.4, 0.5) is 0 Å². The van der Waals surface area contributed by atoms with E-state index in [4.69, 9.17) is 9.15 Å². The van der Waals surface area contributed by atoms with E-state index in [0.29, 0.717) is 45.6 Å². The van der Waals surface area contributed by atoms with E-state index in [1.807, 2.05) is 53.4 Å². The monoisotopic (exact) mass is 396 g/mol. The third-order valence-electron chi connectivity index (χ3n) is 5.18. The van der Waals surface area contributed by atoms with Gasteiger partial charge in [0.1, 0.15) is 5.76 Å². The summed E-state index contributed by atoms with van der Waals surface area (Å²) < 4.78 is 10.6. The van der Waals surface area contributed by atoms with Crippen LogP contribution in [0.25, 0.3) is 6.08 Å². The number of ether oxygens (including phenoxy) is 1. The zero-order valence-corrected chi connectivity index (χ0v) is 16.8. The number of hydrogen-bond acceptors (Lipinski definition) is 4. The highest BCUT2D eigenvalue weighted by atomic mass is 16.5. The van der Waals surface area contributed by atoms with Crippen molar-refractivity contribution in [3.8, 4) is 0 Å². The molecule has 0 atom stereocenters. The zero-order chi connectivity index (χ0) is 20.5. The van der Waals surface area contributed by atoms with E-state index in [-0.39, 0.29) is 17.7 Å². The fourth-order valence-corrected chi connectivity index (χ4v) is 3.50. The topological polar surface area (TPSA) is 63.0 Å². The zero-order valence-electron chi connectivity index (χ0n) is 16.8. The Morgan fingerprint density at radius 3 is 2.59 bits per heavy atom. The number of piperidine rings is 1. The lowest BCUT2D eigenvalue weighted by molar-refractivity contribution is -0.140. The minimum atomic E-state index is -0.0797. The predicted molar refractivity (Wildman–Crippen MR) is 111 cm³/mol. The van der Waals surface area contributed by atoms with Crippen molar-refractivity contribution in [2.45, 2.75) is 19.4 Å². The number of hydrogen-bond donors (Lipinski definition) is 0. The number of carbonyl (C=O) groups excluding carboxylic acids is 2. The Morgan fingerprint density at radius 2 is 1.93 bits per heavy atom. The lowest BCUT2D eigenvalue weighted by Gasteiger charge is -2.33. The number of likely N-dealkylation sites (tertiary alicyclic amines) is 1. The molecule has 154 valence electrons. The molecule has 0 radical (unpaired) electrons. The number of amides is 2. The van der Waals surface area contributed by atoms with Crippen LogP contribution in [0.5, 0.6) is 0 Å². The Morgan fingerprint density at radius 1 is 1.17 bits per heavy atom. The minimum Gasteiger partial charge on any atom is -0.467 e. The first-order chi connectivity index (χ1) is 14.2. The van der Waals surface area contributed by atoms with E-state index in [1.165, 1.54) is 0 Å². The van der Waals surface area contributed by atoms with Crippen molar-refractivity contribution in [2.24, 2.45) is 5.92 Å². The molecule has 1 fully saturated rings. The molecule has 0 aliphatic carbocycles. The van der Waals surface area contributed by atoms with Crippen LogP contribution in [0.2, 0.25) is 0 Å². The van der Waals surface area contributed by atoms with Crippen LogP contribution in [0.1, 0.15) is 24.2 Å². The molecule has 1 aliphatic rings. The van der Waals surface area contributed by atoms with Crippen molar-refractivity contribution in [1.82, 2.24) is 9.80 Å². The van der Waals surface area contributed by atoms with E-state index in [9.17, 15) is 9.59 Å². The van der Waals surface area contributed by atoms with Gasteiger partial charge in [0, 0.05) is 38.7 Å². The molecule has 6 heteroatoms. The highest BCUT2D eigenvalue weighted by Gasteiger charge is 2.30. The summed E-state index contributed by atoms with van der Waals surface area (Å²) in [6.45, 7) is 2.62. The lowest BCUT2D eigenvalue weighted by atomic mass is 9.95. The van der Waals surface area contributed by atoms with Crippen LogP contribution < -0.4 is 0 Å². The van der Waals surface area contributed by atoms with Crippen LogP contribution in [0.15, 0.2) is 59.2 Å². The standard InChI is InChI=1S/C23H28N2O4/c1-28-17-15-25(18-21-8-5-16-29-21)23(27)20-11-13-24(14-12-20)22(26)10-9-19-6-3-2-4-7-19/h2-10,16,20H,11-15,17-18H2,1H3/b10-9+. The van der Waals surface area contributed by atoms with Gasteiger partial charge >= 0.3 is 0 Å². The van der Waals surface area contributed by atoms with Crippen LogP contribution >= 0.6 is 0 Å². The number of methoxy groups -OCH3 is 1. The molecule has 0 unspecified atom stereocenters. The van der Waals surface area contributed by atoms with Crippen molar-refractivity contribution in [3.05, 3.63) is 66.1 Å². The summed E-state index contributed by atoms with van der Waals surface area (Å²) >= 11 is 0. The maximum atomic E-state index is 13.0. The average molecular weight is 396 g/mol. The quantitative estimate of drug-likeness (QED) is 0.643. The molecular formula is C23H28N2O4. The summed E-state index contributed by atoms with van der Waals surface area (Å²) in [5, 5.41) is 0. The van der Waals surface area contributed by atoms with E-state index >= 15 is 0 Å². The molecule has 0 saturated carbocycles. The Kier molecular flexibility index (Phi) is 7.64. The molecule has 2 aromatic rings. The highest BCUT2D eigenvalue weighted by molar-refractivity contribution is 5.92. The number of nitrogens with zero attached hydrogens (tertiary/aromatic N) is 2. The van der Waals surface area contributed by atoms with Gasteiger partial charge in [0.25, 0.3) is 0 Å². The van der Waals surface area contributed by atoms with Crippen molar-refractivity contribution >= 4 is 17.9 Å².